The maximum absolute atomic E-state index is 13.5. The zero-order valence-corrected chi connectivity index (χ0v) is 15.7. The topological polar surface area (TPSA) is 83.6 Å². The molecule has 7 heteroatoms. The van der Waals surface area contributed by atoms with Gasteiger partial charge in [0.25, 0.3) is 5.78 Å². The first kappa shape index (κ1) is 18.6. The van der Waals surface area contributed by atoms with Gasteiger partial charge in [0, 0.05) is 11.6 Å². The molecule has 2 aromatic carbocycles. The first-order valence-corrected chi connectivity index (χ1v) is 8.93. The van der Waals surface area contributed by atoms with Gasteiger partial charge in [-0.1, -0.05) is 47.1 Å². The zero-order chi connectivity index (χ0) is 20.7. The van der Waals surface area contributed by atoms with Crippen LogP contribution < -0.4 is 4.90 Å². The molecule has 2 heterocycles. The lowest BCUT2D eigenvalue weighted by Gasteiger charge is -2.22. The number of hydrogen-bond acceptors (Lipinski definition) is 5. The van der Waals surface area contributed by atoms with Gasteiger partial charge in [0.2, 0.25) is 0 Å². The number of Topliss-reactive ketones (excluding diaryl/α,β-unsaturated/α-hetero) is 1. The predicted molar refractivity (Wildman–Crippen MR) is 104 cm³/mol. The van der Waals surface area contributed by atoms with E-state index in [0.29, 0.717) is 16.9 Å². The van der Waals surface area contributed by atoms with E-state index in [0.717, 1.165) is 10.5 Å². The molecule has 0 radical (unpaired) electrons. The van der Waals surface area contributed by atoms with Crippen molar-refractivity contribution >= 4 is 23.3 Å². The summed E-state index contributed by atoms with van der Waals surface area (Å²) in [5.41, 5.74) is 1.75. The molecule has 0 aliphatic carbocycles. The number of anilines is 1. The number of aryl methyl sites for hydroxylation is 2. The Labute approximate surface area is 165 Å². The molecule has 6 nitrogen and oxygen atoms in total. The van der Waals surface area contributed by atoms with Crippen molar-refractivity contribution in [3.05, 3.63) is 88.4 Å². The largest absolute Gasteiger partial charge is 0.507 e. The van der Waals surface area contributed by atoms with Crippen molar-refractivity contribution in [2.45, 2.75) is 19.9 Å². The van der Waals surface area contributed by atoms with E-state index < -0.39 is 23.5 Å². The molecule has 4 rings (SSSR count). The van der Waals surface area contributed by atoms with Crippen LogP contribution in [0.15, 0.2) is 64.7 Å². The van der Waals surface area contributed by atoms with Crippen LogP contribution in [0.1, 0.15) is 28.5 Å². The maximum Gasteiger partial charge on any atom is 0.301 e. The number of benzene rings is 2. The summed E-state index contributed by atoms with van der Waals surface area (Å²) in [6.45, 7) is 3.56. The summed E-state index contributed by atoms with van der Waals surface area (Å²) in [7, 11) is 0. The second-order valence-electron chi connectivity index (χ2n) is 6.88. The summed E-state index contributed by atoms with van der Waals surface area (Å²) in [5, 5.41) is 14.8. The Morgan fingerprint density at radius 2 is 1.72 bits per heavy atom. The van der Waals surface area contributed by atoms with Crippen molar-refractivity contribution in [3.8, 4) is 0 Å². The fourth-order valence-electron chi connectivity index (χ4n) is 3.36. The Bertz CT molecular complexity index is 1130. The highest BCUT2D eigenvalue weighted by atomic mass is 19.1. The number of aliphatic hydroxyl groups excluding tert-OH is 1. The van der Waals surface area contributed by atoms with Gasteiger partial charge in [-0.05, 0) is 31.5 Å². The number of amides is 1. The molecule has 1 N–H and O–H groups in total. The van der Waals surface area contributed by atoms with Gasteiger partial charge in [-0.3, -0.25) is 14.5 Å². The molecule has 1 amide bonds. The summed E-state index contributed by atoms with van der Waals surface area (Å²) in [6.07, 6.45) is 0. The molecule has 0 spiro atoms. The average Bonchev–Trinajstić information content (AvgIpc) is 3.24. The Kier molecular flexibility index (Phi) is 4.50. The number of carbonyl (C=O) groups is 2. The highest BCUT2D eigenvalue weighted by molar-refractivity contribution is 6.51. The average molecular weight is 392 g/mol. The number of aliphatic hydroxyl groups is 1. The second-order valence-corrected chi connectivity index (χ2v) is 6.88. The molecule has 3 aromatic rings. The van der Waals surface area contributed by atoms with E-state index in [9.17, 15) is 19.1 Å². The Balaban J connectivity index is 1.93. The van der Waals surface area contributed by atoms with Crippen molar-refractivity contribution < 1.29 is 23.6 Å². The van der Waals surface area contributed by atoms with Crippen LogP contribution in [0, 0.1) is 19.7 Å². The molecule has 1 atom stereocenters. The predicted octanol–water partition coefficient (Wildman–Crippen LogP) is 4.06. The van der Waals surface area contributed by atoms with E-state index in [1.165, 1.54) is 30.3 Å². The van der Waals surface area contributed by atoms with E-state index in [-0.39, 0.29) is 17.2 Å². The minimum Gasteiger partial charge on any atom is -0.507 e. The van der Waals surface area contributed by atoms with Gasteiger partial charge in [0.05, 0.1) is 11.6 Å². The molecular weight excluding hydrogens is 375 g/mol. The molecule has 1 fully saturated rings. The molecule has 1 unspecified atom stereocenters. The molecule has 1 aliphatic rings. The quantitative estimate of drug-likeness (QED) is 0.413. The molecule has 0 saturated carbocycles. The van der Waals surface area contributed by atoms with Gasteiger partial charge in [-0.15, -0.1) is 0 Å². The van der Waals surface area contributed by atoms with Crippen LogP contribution >= 0.6 is 0 Å². The second kappa shape index (κ2) is 7.01. The van der Waals surface area contributed by atoms with E-state index in [1.807, 2.05) is 6.92 Å². The van der Waals surface area contributed by atoms with Crippen LogP contribution in [-0.2, 0) is 9.59 Å². The third-order valence-corrected chi connectivity index (χ3v) is 4.82. The van der Waals surface area contributed by atoms with Gasteiger partial charge in [0.15, 0.2) is 5.82 Å². The van der Waals surface area contributed by atoms with Crippen molar-refractivity contribution in [2.75, 3.05) is 4.90 Å². The summed E-state index contributed by atoms with van der Waals surface area (Å²) in [4.78, 5) is 26.9. The van der Waals surface area contributed by atoms with Gasteiger partial charge < -0.3 is 9.63 Å². The van der Waals surface area contributed by atoms with Gasteiger partial charge in [-0.25, -0.2) is 4.39 Å². The lowest BCUT2D eigenvalue weighted by atomic mass is 9.95. The van der Waals surface area contributed by atoms with Crippen molar-refractivity contribution in [3.63, 3.8) is 0 Å². The minimum atomic E-state index is -0.971. The number of halogens is 1. The SMILES string of the molecule is Cc1ccc(/C(O)=C2\C(=O)C(=O)N(c3cc(C)on3)C2c2ccc(F)cc2)cc1. The number of aromatic nitrogens is 1. The van der Waals surface area contributed by atoms with Crippen LogP contribution in [0.25, 0.3) is 5.76 Å². The van der Waals surface area contributed by atoms with Crippen molar-refractivity contribution in [1.29, 1.82) is 0 Å². The van der Waals surface area contributed by atoms with E-state index >= 15 is 0 Å². The fraction of sp³-hybridized carbons (Fsp3) is 0.136. The van der Waals surface area contributed by atoms with Gasteiger partial charge in [-0.2, -0.15) is 0 Å². The van der Waals surface area contributed by atoms with E-state index in [2.05, 4.69) is 5.16 Å². The van der Waals surface area contributed by atoms with Gasteiger partial charge in [0.1, 0.15) is 17.3 Å². The summed E-state index contributed by atoms with van der Waals surface area (Å²) in [6, 6.07) is 12.9. The molecule has 0 bridgehead atoms. The first-order valence-electron chi connectivity index (χ1n) is 8.93. The van der Waals surface area contributed by atoms with E-state index in [1.54, 1.807) is 31.2 Å². The molecule has 146 valence electrons. The first-order chi connectivity index (χ1) is 13.9. The van der Waals surface area contributed by atoms with Crippen molar-refractivity contribution in [2.24, 2.45) is 0 Å². The number of nitrogens with zero attached hydrogens (tertiary/aromatic N) is 2. The van der Waals surface area contributed by atoms with Gasteiger partial charge >= 0.3 is 5.91 Å². The lowest BCUT2D eigenvalue weighted by molar-refractivity contribution is -0.132. The highest BCUT2D eigenvalue weighted by Gasteiger charge is 2.48. The number of carbonyl (C=O) groups excluding carboxylic acids is 2. The molecule has 29 heavy (non-hydrogen) atoms. The highest BCUT2D eigenvalue weighted by Crippen LogP contribution is 2.41. The third-order valence-electron chi connectivity index (χ3n) is 4.82. The molecule has 1 saturated heterocycles. The Hall–Kier alpha value is -3.74. The number of rotatable bonds is 3. The number of hydrogen-bond donors (Lipinski definition) is 1. The Morgan fingerprint density at radius 1 is 1.07 bits per heavy atom. The van der Waals surface area contributed by atoms with E-state index in [4.69, 9.17) is 4.52 Å². The number of ketones is 1. The van der Waals surface area contributed by atoms with Crippen LogP contribution in [0.2, 0.25) is 0 Å². The lowest BCUT2D eigenvalue weighted by Crippen LogP contribution is -2.29. The zero-order valence-electron chi connectivity index (χ0n) is 15.7. The Morgan fingerprint density at radius 3 is 2.31 bits per heavy atom. The fourth-order valence-corrected chi connectivity index (χ4v) is 3.36. The van der Waals surface area contributed by atoms with Crippen LogP contribution in [0.4, 0.5) is 10.2 Å². The minimum absolute atomic E-state index is 0.0916. The summed E-state index contributed by atoms with van der Waals surface area (Å²) in [5.74, 6) is -1.86. The van der Waals surface area contributed by atoms with Crippen LogP contribution in [-0.4, -0.2) is 22.0 Å². The molecule has 1 aliphatic heterocycles. The molecular formula is C22H17FN2O4. The van der Waals surface area contributed by atoms with Crippen LogP contribution in [0.3, 0.4) is 0 Å². The normalized spacial score (nSPS) is 18.4. The van der Waals surface area contributed by atoms with Crippen LogP contribution in [0.5, 0.6) is 0 Å². The summed E-state index contributed by atoms with van der Waals surface area (Å²) >= 11 is 0. The smallest absolute Gasteiger partial charge is 0.301 e. The third kappa shape index (κ3) is 3.20. The molecule has 1 aromatic heterocycles. The maximum atomic E-state index is 13.5. The van der Waals surface area contributed by atoms with Crippen molar-refractivity contribution in [1.82, 2.24) is 5.16 Å². The monoisotopic (exact) mass is 392 g/mol. The summed E-state index contributed by atoms with van der Waals surface area (Å²) < 4.78 is 18.5. The standard InChI is InChI=1S/C22H17FN2O4/c1-12-3-5-15(6-4-12)20(26)18-19(14-7-9-16(23)10-8-14)25(22(28)21(18)27)17-11-13(2)29-24-17/h3-11,19,26H,1-2H3/b20-18+.